The molecule has 1 unspecified atom stereocenters. The van der Waals surface area contributed by atoms with Gasteiger partial charge >= 0.3 is 5.97 Å². The SMILES string of the molecule is COC(=O)c1ccc(OC2CCN(c3ccc(C(=O)Nc4ccccc4N)cc3)C2)cc1. The number of carbonyl (C=O) groups excluding carboxylic acids is 2. The molecule has 1 heterocycles. The first-order valence-electron chi connectivity index (χ1n) is 10.4. The Morgan fingerprint density at radius 1 is 0.969 bits per heavy atom. The van der Waals surface area contributed by atoms with Crippen LogP contribution >= 0.6 is 0 Å². The van der Waals surface area contributed by atoms with E-state index in [1.165, 1.54) is 7.11 Å². The Morgan fingerprint density at radius 2 is 1.66 bits per heavy atom. The van der Waals surface area contributed by atoms with Crippen LogP contribution in [0.1, 0.15) is 27.1 Å². The summed E-state index contributed by atoms with van der Waals surface area (Å²) in [6.45, 7) is 1.60. The number of esters is 1. The van der Waals surface area contributed by atoms with E-state index in [4.69, 9.17) is 15.2 Å². The minimum absolute atomic E-state index is 0.0445. The summed E-state index contributed by atoms with van der Waals surface area (Å²) in [5, 5.41) is 2.84. The minimum atomic E-state index is -0.368. The van der Waals surface area contributed by atoms with Gasteiger partial charge in [-0.15, -0.1) is 0 Å². The topological polar surface area (TPSA) is 93.9 Å². The third-order valence-electron chi connectivity index (χ3n) is 5.43. The average molecular weight is 431 g/mol. The zero-order valence-corrected chi connectivity index (χ0v) is 17.8. The van der Waals surface area contributed by atoms with Crippen LogP contribution in [0.15, 0.2) is 72.8 Å². The van der Waals surface area contributed by atoms with E-state index in [0.717, 1.165) is 30.9 Å². The molecule has 0 bridgehead atoms. The van der Waals surface area contributed by atoms with Gasteiger partial charge in [-0.2, -0.15) is 0 Å². The van der Waals surface area contributed by atoms with Crippen LogP contribution in [0.5, 0.6) is 5.75 Å². The fraction of sp³-hybridized carbons (Fsp3) is 0.200. The first-order chi connectivity index (χ1) is 15.5. The number of hydrogen-bond donors (Lipinski definition) is 2. The number of amides is 1. The van der Waals surface area contributed by atoms with Crippen LogP contribution in [0.2, 0.25) is 0 Å². The Balaban J connectivity index is 1.33. The average Bonchev–Trinajstić information content (AvgIpc) is 3.29. The lowest BCUT2D eigenvalue weighted by atomic mass is 10.1. The van der Waals surface area contributed by atoms with Crippen molar-refractivity contribution in [3.8, 4) is 5.75 Å². The van der Waals surface area contributed by atoms with E-state index in [1.807, 2.05) is 36.4 Å². The lowest BCUT2D eigenvalue weighted by Gasteiger charge is -2.19. The van der Waals surface area contributed by atoms with Crippen LogP contribution in [0.4, 0.5) is 17.1 Å². The third-order valence-corrected chi connectivity index (χ3v) is 5.43. The Hall–Kier alpha value is -4.00. The van der Waals surface area contributed by atoms with Crippen molar-refractivity contribution < 1.29 is 19.1 Å². The van der Waals surface area contributed by atoms with Gasteiger partial charge < -0.3 is 25.4 Å². The molecule has 1 atom stereocenters. The number of ether oxygens (including phenoxy) is 2. The van der Waals surface area contributed by atoms with Gasteiger partial charge in [0, 0.05) is 24.2 Å². The molecule has 0 aromatic heterocycles. The van der Waals surface area contributed by atoms with Gasteiger partial charge in [-0.3, -0.25) is 4.79 Å². The van der Waals surface area contributed by atoms with E-state index in [2.05, 4.69) is 10.2 Å². The third kappa shape index (κ3) is 4.83. The number of methoxy groups -OCH3 is 1. The van der Waals surface area contributed by atoms with Crippen molar-refractivity contribution in [3.63, 3.8) is 0 Å². The molecule has 1 aliphatic rings. The molecule has 32 heavy (non-hydrogen) atoms. The molecule has 0 saturated carbocycles. The maximum Gasteiger partial charge on any atom is 0.337 e. The molecule has 1 aliphatic heterocycles. The number of nitrogen functional groups attached to an aromatic ring is 1. The summed E-state index contributed by atoms with van der Waals surface area (Å²) in [6.07, 6.45) is 0.928. The molecule has 0 radical (unpaired) electrons. The number of carbonyl (C=O) groups is 2. The quantitative estimate of drug-likeness (QED) is 0.453. The summed E-state index contributed by atoms with van der Waals surface area (Å²) in [7, 11) is 1.36. The molecule has 3 N–H and O–H groups in total. The molecule has 7 heteroatoms. The summed E-state index contributed by atoms with van der Waals surface area (Å²) < 4.78 is 10.8. The van der Waals surface area contributed by atoms with Crippen molar-refractivity contribution in [3.05, 3.63) is 83.9 Å². The second-order valence-electron chi connectivity index (χ2n) is 7.58. The van der Waals surface area contributed by atoms with E-state index < -0.39 is 0 Å². The fourth-order valence-corrected chi connectivity index (χ4v) is 3.67. The number of anilines is 3. The van der Waals surface area contributed by atoms with Crippen LogP contribution in [0.3, 0.4) is 0 Å². The standard InChI is InChI=1S/C25H25N3O4/c1-31-25(30)18-8-12-20(13-9-18)32-21-14-15-28(16-21)19-10-6-17(7-11-19)24(29)27-23-5-3-2-4-22(23)26/h2-13,21H,14-16,26H2,1H3,(H,27,29). The molecule has 1 amide bonds. The number of hydrogen-bond acceptors (Lipinski definition) is 6. The van der Waals surface area contributed by atoms with Crippen molar-refractivity contribution in [1.82, 2.24) is 0 Å². The van der Waals surface area contributed by atoms with E-state index >= 15 is 0 Å². The molecular formula is C25H25N3O4. The van der Waals surface area contributed by atoms with Gasteiger partial charge in [0.25, 0.3) is 5.91 Å². The van der Waals surface area contributed by atoms with Crippen LogP contribution in [-0.2, 0) is 4.74 Å². The van der Waals surface area contributed by atoms with Crippen molar-refractivity contribution in [2.75, 3.05) is 36.1 Å². The van der Waals surface area contributed by atoms with Crippen LogP contribution in [-0.4, -0.2) is 38.2 Å². The predicted molar refractivity (Wildman–Crippen MR) is 124 cm³/mol. The maximum atomic E-state index is 12.5. The van der Waals surface area contributed by atoms with Gasteiger partial charge in [-0.05, 0) is 60.7 Å². The van der Waals surface area contributed by atoms with E-state index in [-0.39, 0.29) is 18.0 Å². The van der Waals surface area contributed by atoms with Crippen molar-refractivity contribution in [1.29, 1.82) is 0 Å². The number of benzene rings is 3. The molecule has 1 saturated heterocycles. The highest BCUT2D eigenvalue weighted by Crippen LogP contribution is 2.25. The molecule has 3 aromatic rings. The smallest absolute Gasteiger partial charge is 0.337 e. The number of para-hydroxylation sites is 2. The van der Waals surface area contributed by atoms with Crippen molar-refractivity contribution in [2.24, 2.45) is 0 Å². The van der Waals surface area contributed by atoms with Gasteiger partial charge in [-0.25, -0.2) is 4.79 Å². The van der Waals surface area contributed by atoms with Crippen molar-refractivity contribution in [2.45, 2.75) is 12.5 Å². The zero-order valence-electron chi connectivity index (χ0n) is 17.8. The van der Waals surface area contributed by atoms with Gasteiger partial charge in [-0.1, -0.05) is 12.1 Å². The molecule has 164 valence electrons. The Labute approximate surface area is 186 Å². The molecule has 0 spiro atoms. The van der Waals surface area contributed by atoms with Crippen molar-refractivity contribution >= 4 is 28.9 Å². The summed E-state index contributed by atoms with van der Waals surface area (Å²) >= 11 is 0. The lowest BCUT2D eigenvalue weighted by molar-refractivity contribution is 0.0600. The molecule has 4 rings (SSSR count). The van der Waals surface area contributed by atoms with Gasteiger partial charge in [0.1, 0.15) is 11.9 Å². The second-order valence-corrected chi connectivity index (χ2v) is 7.58. The van der Waals surface area contributed by atoms with Gasteiger partial charge in [0.05, 0.1) is 30.6 Å². The molecule has 0 aliphatic carbocycles. The second kappa shape index (κ2) is 9.43. The van der Waals surface area contributed by atoms with Gasteiger partial charge in [0.15, 0.2) is 0 Å². The van der Waals surface area contributed by atoms with Crippen LogP contribution < -0.4 is 20.7 Å². The molecule has 7 nitrogen and oxygen atoms in total. The molecule has 3 aromatic carbocycles. The highest BCUT2D eigenvalue weighted by molar-refractivity contribution is 6.05. The summed E-state index contributed by atoms with van der Waals surface area (Å²) in [4.78, 5) is 26.3. The first-order valence-corrected chi connectivity index (χ1v) is 10.4. The summed E-state index contributed by atoms with van der Waals surface area (Å²) in [6, 6.07) is 21.6. The fourth-order valence-electron chi connectivity index (χ4n) is 3.67. The van der Waals surface area contributed by atoms with Crippen LogP contribution in [0.25, 0.3) is 0 Å². The number of nitrogens with one attached hydrogen (secondary N) is 1. The largest absolute Gasteiger partial charge is 0.489 e. The van der Waals surface area contributed by atoms with E-state index in [1.54, 1.807) is 36.4 Å². The normalized spacial score (nSPS) is 15.3. The summed E-state index contributed by atoms with van der Waals surface area (Å²) in [5.41, 5.74) is 9.11. The lowest BCUT2D eigenvalue weighted by Crippen LogP contribution is -2.24. The predicted octanol–water partition coefficient (Wildman–Crippen LogP) is 3.97. The van der Waals surface area contributed by atoms with Crippen LogP contribution in [0, 0.1) is 0 Å². The Morgan fingerprint density at radius 3 is 2.34 bits per heavy atom. The molecule has 1 fully saturated rings. The van der Waals surface area contributed by atoms with E-state index in [0.29, 0.717) is 22.5 Å². The monoisotopic (exact) mass is 431 g/mol. The maximum absolute atomic E-state index is 12.5. The highest BCUT2D eigenvalue weighted by atomic mass is 16.5. The number of rotatable bonds is 6. The first kappa shape index (κ1) is 21.2. The molecular weight excluding hydrogens is 406 g/mol. The number of nitrogens with zero attached hydrogens (tertiary/aromatic N) is 1. The number of nitrogens with two attached hydrogens (primary N) is 1. The zero-order chi connectivity index (χ0) is 22.5. The minimum Gasteiger partial charge on any atom is -0.489 e. The van der Waals surface area contributed by atoms with Gasteiger partial charge in [0.2, 0.25) is 0 Å². The summed E-state index contributed by atoms with van der Waals surface area (Å²) in [5.74, 6) is 0.150. The highest BCUT2D eigenvalue weighted by Gasteiger charge is 2.24. The van der Waals surface area contributed by atoms with E-state index in [9.17, 15) is 9.59 Å². The Kier molecular flexibility index (Phi) is 6.26. The Bertz CT molecular complexity index is 1100.